The average molecular weight is 186 g/mol. The molecule has 12 heavy (non-hydrogen) atoms. The first-order valence-corrected chi connectivity index (χ1v) is 3.98. The molecule has 64 valence electrons. The number of nitrogens with zero attached hydrogens (tertiary/aromatic N) is 1. The number of hydrogen-bond acceptors (Lipinski definition) is 2. The molecule has 0 saturated carbocycles. The van der Waals surface area contributed by atoms with Crippen LogP contribution in [0.1, 0.15) is 11.1 Å². The van der Waals surface area contributed by atoms with Crippen LogP contribution < -0.4 is 0 Å². The largest absolute Gasteiger partial charge is 0.269 e. The van der Waals surface area contributed by atoms with Crippen LogP contribution in [0.25, 0.3) is 0 Å². The molecule has 0 amide bonds. The van der Waals surface area contributed by atoms with Gasteiger partial charge in [0.2, 0.25) is 0 Å². The van der Waals surface area contributed by atoms with Gasteiger partial charge in [-0.15, -0.1) is 11.6 Å². The van der Waals surface area contributed by atoms with Crippen LogP contribution in [-0.4, -0.2) is 4.92 Å². The Morgan fingerprint density at radius 2 is 2.25 bits per heavy atom. The Kier molecular flexibility index (Phi) is 2.65. The highest BCUT2D eigenvalue weighted by Gasteiger charge is 2.06. The Morgan fingerprint density at radius 1 is 1.58 bits per heavy atom. The summed E-state index contributed by atoms with van der Waals surface area (Å²) < 4.78 is 0. The zero-order valence-corrected chi connectivity index (χ0v) is 7.34. The summed E-state index contributed by atoms with van der Waals surface area (Å²) in [5, 5.41) is 10.3. The van der Waals surface area contributed by atoms with Gasteiger partial charge in [0.05, 0.1) is 4.92 Å². The van der Waals surface area contributed by atoms with Crippen molar-refractivity contribution in [2.45, 2.75) is 12.8 Å². The topological polar surface area (TPSA) is 43.1 Å². The lowest BCUT2D eigenvalue weighted by atomic mass is 10.1. The van der Waals surface area contributed by atoms with Crippen LogP contribution in [0.2, 0.25) is 0 Å². The van der Waals surface area contributed by atoms with E-state index in [-0.39, 0.29) is 5.69 Å². The van der Waals surface area contributed by atoms with Crippen molar-refractivity contribution in [2.75, 3.05) is 0 Å². The fourth-order valence-corrected chi connectivity index (χ4v) is 1.20. The number of halogens is 1. The number of aryl methyl sites for hydroxylation is 1. The van der Waals surface area contributed by atoms with Crippen LogP contribution in [0.15, 0.2) is 18.2 Å². The zero-order chi connectivity index (χ0) is 9.14. The number of alkyl halides is 1. The molecule has 4 heteroatoms. The monoisotopic (exact) mass is 185 g/mol. The van der Waals surface area contributed by atoms with Crippen molar-refractivity contribution in [3.63, 3.8) is 0 Å². The maximum Gasteiger partial charge on any atom is 0.269 e. The Hall–Kier alpha value is -1.09. The fourth-order valence-electron chi connectivity index (χ4n) is 0.915. The smallest absolute Gasteiger partial charge is 0.258 e. The van der Waals surface area contributed by atoms with E-state index < -0.39 is 4.92 Å². The minimum atomic E-state index is -0.421. The highest BCUT2D eigenvalue weighted by molar-refractivity contribution is 6.17. The van der Waals surface area contributed by atoms with Crippen molar-refractivity contribution in [3.8, 4) is 0 Å². The second kappa shape index (κ2) is 3.54. The first kappa shape index (κ1) is 9.00. The molecule has 0 aromatic heterocycles. The average Bonchev–Trinajstić information content (AvgIpc) is 2.05. The van der Waals surface area contributed by atoms with Gasteiger partial charge in [-0.2, -0.15) is 0 Å². The highest BCUT2D eigenvalue weighted by Crippen LogP contribution is 2.18. The van der Waals surface area contributed by atoms with E-state index in [1.807, 2.05) is 6.92 Å². The molecule has 0 N–H and O–H groups in total. The van der Waals surface area contributed by atoms with E-state index in [9.17, 15) is 10.1 Å². The molecule has 0 saturated heterocycles. The summed E-state index contributed by atoms with van der Waals surface area (Å²) in [6, 6.07) is 4.68. The third-order valence-electron chi connectivity index (χ3n) is 1.69. The Bertz CT molecular complexity index is 312. The third-order valence-corrected chi connectivity index (χ3v) is 1.98. The van der Waals surface area contributed by atoms with Crippen molar-refractivity contribution in [1.82, 2.24) is 0 Å². The lowest BCUT2D eigenvalue weighted by molar-refractivity contribution is -0.384. The van der Waals surface area contributed by atoms with Gasteiger partial charge in [0, 0.05) is 18.0 Å². The highest BCUT2D eigenvalue weighted by atomic mass is 35.5. The standard InChI is InChI=1S/C8H8ClNO2/c1-6-2-3-8(10(11)12)4-7(6)5-9/h2-4H,5H2,1H3. The summed E-state index contributed by atoms with van der Waals surface area (Å²) in [6.45, 7) is 1.88. The molecule has 0 fully saturated rings. The van der Waals surface area contributed by atoms with Crippen molar-refractivity contribution >= 4 is 17.3 Å². The summed E-state index contributed by atoms with van der Waals surface area (Å²) >= 11 is 5.59. The van der Waals surface area contributed by atoms with Crippen molar-refractivity contribution in [3.05, 3.63) is 39.4 Å². The summed E-state index contributed by atoms with van der Waals surface area (Å²) in [6.07, 6.45) is 0. The number of non-ortho nitro benzene ring substituents is 1. The number of nitro benzene ring substituents is 1. The van der Waals surface area contributed by atoms with Gasteiger partial charge in [-0.1, -0.05) is 6.07 Å². The molecule has 0 radical (unpaired) electrons. The molecular weight excluding hydrogens is 178 g/mol. The van der Waals surface area contributed by atoms with E-state index >= 15 is 0 Å². The van der Waals surface area contributed by atoms with Crippen LogP contribution in [0.4, 0.5) is 5.69 Å². The Balaban J connectivity index is 3.13. The molecule has 1 aromatic carbocycles. The van der Waals surface area contributed by atoms with Crippen molar-refractivity contribution in [2.24, 2.45) is 0 Å². The van der Waals surface area contributed by atoms with Gasteiger partial charge in [-0.25, -0.2) is 0 Å². The van der Waals surface area contributed by atoms with Gasteiger partial charge in [0.25, 0.3) is 5.69 Å². The van der Waals surface area contributed by atoms with Crippen molar-refractivity contribution < 1.29 is 4.92 Å². The maximum absolute atomic E-state index is 10.3. The van der Waals surface area contributed by atoms with E-state index in [4.69, 9.17) is 11.6 Å². The van der Waals surface area contributed by atoms with E-state index in [1.54, 1.807) is 6.07 Å². The van der Waals surface area contributed by atoms with Crippen LogP contribution in [0, 0.1) is 17.0 Å². The van der Waals surface area contributed by atoms with Gasteiger partial charge in [0.1, 0.15) is 0 Å². The van der Waals surface area contributed by atoms with Crippen LogP contribution in [-0.2, 0) is 5.88 Å². The van der Waals surface area contributed by atoms with Crippen molar-refractivity contribution in [1.29, 1.82) is 0 Å². The zero-order valence-electron chi connectivity index (χ0n) is 6.58. The number of hydrogen-bond donors (Lipinski definition) is 0. The van der Waals surface area contributed by atoms with Gasteiger partial charge in [0.15, 0.2) is 0 Å². The van der Waals surface area contributed by atoms with Gasteiger partial charge in [-0.3, -0.25) is 10.1 Å². The number of nitro groups is 1. The summed E-state index contributed by atoms with van der Waals surface area (Å²) in [7, 11) is 0. The molecule has 0 aliphatic rings. The van der Waals surface area contributed by atoms with Crippen LogP contribution >= 0.6 is 11.6 Å². The van der Waals surface area contributed by atoms with E-state index in [2.05, 4.69) is 0 Å². The van der Waals surface area contributed by atoms with Crippen LogP contribution in [0.3, 0.4) is 0 Å². The molecule has 0 atom stereocenters. The summed E-state index contributed by atoms with van der Waals surface area (Å²) in [4.78, 5) is 9.92. The minimum absolute atomic E-state index is 0.0938. The molecule has 0 aliphatic heterocycles. The second-order valence-corrected chi connectivity index (χ2v) is 2.77. The van der Waals surface area contributed by atoms with Gasteiger partial charge in [-0.05, 0) is 18.1 Å². The first-order chi connectivity index (χ1) is 5.65. The van der Waals surface area contributed by atoms with E-state index in [1.165, 1.54) is 12.1 Å². The second-order valence-electron chi connectivity index (χ2n) is 2.50. The van der Waals surface area contributed by atoms with Gasteiger partial charge >= 0.3 is 0 Å². The summed E-state index contributed by atoms with van der Waals surface area (Å²) in [5.41, 5.74) is 1.89. The normalized spacial score (nSPS) is 9.83. The summed E-state index contributed by atoms with van der Waals surface area (Å²) in [5.74, 6) is 0.313. The number of benzene rings is 1. The Labute approximate surface area is 75.1 Å². The van der Waals surface area contributed by atoms with Crippen LogP contribution in [0.5, 0.6) is 0 Å². The maximum atomic E-state index is 10.3. The lowest BCUT2D eigenvalue weighted by Gasteiger charge is -1.99. The van der Waals surface area contributed by atoms with E-state index in [0.29, 0.717) is 5.88 Å². The third kappa shape index (κ3) is 1.74. The fraction of sp³-hybridized carbons (Fsp3) is 0.250. The predicted molar refractivity (Wildman–Crippen MR) is 47.4 cm³/mol. The molecular formula is C8H8ClNO2. The van der Waals surface area contributed by atoms with Gasteiger partial charge < -0.3 is 0 Å². The lowest BCUT2D eigenvalue weighted by Crippen LogP contribution is -1.91. The molecule has 1 rings (SSSR count). The van der Waals surface area contributed by atoms with E-state index in [0.717, 1.165) is 11.1 Å². The minimum Gasteiger partial charge on any atom is -0.258 e. The molecule has 0 aliphatic carbocycles. The molecule has 1 aromatic rings. The number of rotatable bonds is 2. The predicted octanol–water partition coefficient (Wildman–Crippen LogP) is 2.64. The molecule has 0 unspecified atom stereocenters. The quantitative estimate of drug-likeness (QED) is 0.404. The molecule has 0 heterocycles. The molecule has 0 bridgehead atoms. The Morgan fingerprint density at radius 3 is 2.75 bits per heavy atom. The molecule has 0 spiro atoms. The first-order valence-electron chi connectivity index (χ1n) is 3.45. The molecule has 3 nitrogen and oxygen atoms in total. The SMILES string of the molecule is Cc1ccc([N+](=O)[O-])cc1CCl.